The molecule has 0 fully saturated rings. The fourth-order valence-corrected chi connectivity index (χ4v) is 1.95. The zero-order chi connectivity index (χ0) is 6.27. The van der Waals surface area contributed by atoms with E-state index in [9.17, 15) is 0 Å². The van der Waals surface area contributed by atoms with E-state index in [0.717, 1.165) is 12.1 Å². The van der Waals surface area contributed by atoms with Crippen molar-refractivity contribution in [3.63, 3.8) is 0 Å². The Labute approximate surface area is 70.0 Å². The van der Waals surface area contributed by atoms with Crippen molar-refractivity contribution in [2.75, 3.05) is 0 Å². The molecule has 0 amide bonds. The molecule has 0 saturated heterocycles. The fourth-order valence-electron chi connectivity index (χ4n) is 1.06. The van der Waals surface area contributed by atoms with Gasteiger partial charge in [0, 0.05) is 17.0 Å². The summed E-state index contributed by atoms with van der Waals surface area (Å²) >= 11 is 1.76. The van der Waals surface area contributed by atoms with E-state index < -0.39 is 0 Å². The van der Waals surface area contributed by atoms with Gasteiger partial charge in [0.15, 0.2) is 0 Å². The van der Waals surface area contributed by atoms with E-state index in [1.807, 2.05) is 0 Å². The number of halogens is 1. The summed E-state index contributed by atoms with van der Waals surface area (Å²) in [6.07, 6.45) is 3.01. The molecule has 3 heteroatoms. The standard InChI is InChI=1S/C7H7NS.ClH/c8-6-3-5-1-2-9-7(5)4-6;/h1-2,4H,3,8H2;1H. The minimum atomic E-state index is 0. The topological polar surface area (TPSA) is 26.0 Å². The first-order valence-corrected chi connectivity index (χ1v) is 3.76. The average Bonchev–Trinajstić information content (AvgIpc) is 2.22. The summed E-state index contributed by atoms with van der Waals surface area (Å²) < 4.78 is 0. The molecular weight excluding hydrogens is 166 g/mol. The minimum absolute atomic E-state index is 0. The predicted molar refractivity (Wildman–Crippen MR) is 47.4 cm³/mol. The highest BCUT2D eigenvalue weighted by atomic mass is 35.5. The molecule has 0 aliphatic heterocycles. The normalized spacial score (nSPS) is 13.8. The van der Waals surface area contributed by atoms with Crippen molar-refractivity contribution in [1.82, 2.24) is 0 Å². The second-order valence-electron chi connectivity index (χ2n) is 2.21. The molecule has 0 spiro atoms. The Kier molecular flexibility index (Phi) is 2.02. The lowest BCUT2D eigenvalue weighted by molar-refractivity contribution is 1.17. The monoisotopic (exact) mass is 173 g/mol. The summed E-state index contributed by atoms with van der Waals surface area (Å²) in [5, 5.41) is 2.10. The van der Waals surface area contributed by atoms with Crippen LogP contribution in [0.15, 0.2) is 17.1 Å². The smallest absolute Gasteiger partial charge is 0.0323 e. The van der Waals surface area contributed by atoms with Crippen molar-refractivity contribution in [2.24, 2.45) is 5.73 Å². The van der Waals surface area contributed by atoms with Gasteiger partial charge in [-0.15, -0.1) is 23.7 Å². The number of hydrogen-bond donors (Lipinski definition) is 1. The fraction of sp³-hybridized carbons (Fsp3) is 0.143. The van der Waals surface area contributed by atoms with Crippen LogP contribution in [0.1, 0.15) is 10.4 Å². The van der Waals surface area contributed by atoms with Crippen molar-refractivity contribution >= 4 is 29.8 Å². The second-order valence-corrected chi connectivity index (χ2v) is 3.15. The maximum atomic E-state index is 5.60. The van der Waals surface area contributed by atoms with Crippen molar-refractivity contribution in [1.29, 1.82) is 0 Å². The maximum Gasteiger partial charge on any atom is 0.0323 e. The molecule has 0 bridgehead atoms. The van der Waals surface area contributed by atoms with Gasteiger partial charge in [-0.05, 0) is 23.1 Å². The van der Waals surface area contributed by atoms with Crippen molar-refractivity contribution < 1.29 is 0 Å². The van der Waals surface area contributed by atoms with Crippen LogP contribution in [0, 0.1) is 0 Å². The molecular formula is C7H8ClNS. The maximum absolute atomic E-state index is 5.60. The largest absolute Gasteiger partial charge is 0.402 e. The van der Waals surface area contributed by atoms with Crippen molar-refractivity contribution in [3.8, 4) is 0 Å². The third-order valence-electron chi connectivity index (χ3n) is 1.49. The van der Waals surface area contributed by atoms with Crippen LogP contribution in [0.2, 0.25) is 0 Å². The lowest BCUT2D eigenvalue weighted by Crippen LogP contribution is -1.94. The van der Waals surface area contributed by atoms with Crippen LogP contribution in [0.3, 0.4) is 0 Å². The van der Waals surface area contributed by atoms with Gasteiger partial charge in [-0.1, -0.05) is 0 Å². The molecule has 0 atom stereocenters. The molecule has 54 valence electrons. The zero-order valence-electron chi connectivity index (χ0n) is 5.33. The molecule has 1 aliphatic rings. The minimum Gasteiger partial charge on any atom is -0.402 e. The SMILES string of the molecule is Cl.NC1=Cc2sccc2C1. The Balaban J connectivity index is 0.000000500. The number of thiophene rings is 1. The number of nitrogens with two attached hydrogens (primary N) is 1. The van der Waals surface area contributed by atoms with Crippen LogP contribution >= 0.6 is 23.7 Å². The van der Waals surface area contributed by atoms with E-state index in [2.05, 4.69) is 17.5 Å². The van der Waals surface area contributed by atoms with Gasteiger partial charge in [0.25, 0.3) is 0 Å². The summed E-state index contributed by atoms with van der Waals surface area (Å²) in [4.78, 5) is 1.34. The van der Waals surface area contributed by atoms with Gasteiger partial charge in [0.2, 0.25) is 0 Å². The Hall–Kier alpha value is -0.470. The molecule has 2 rings (SSSR count). The van der Waals surface area contributed by atoms with E-state index >= 15 is 0 Å². The Bertz CT molecular complexity index is 264. The van der Waals surface area contributed by atoms with Gasteiger partial charge >= 0.3 is 0 Å². The first-order valence-electron chi connectivity index (χ1n) is 2.88. The van der Waals surface area contributed by atoms with Gasteiger partial charge < -0.3 is 5.73 Å². The molecule has 2 N–H and O–H groups in total. The molecule has 0 radical (unpaired) electrons. The molecule has 1 aromatic heterocycles. The van der Waals surface area contributed by atoms with Crippen LogP contribution in [-0.2, 0) is 6.42 Å². The molecule has 0 unspecified atom stereocenters. The molecule has 1 nitrogen and oxygen atoms in total. The van der Waals surface area contributed by atoms with Gasteiger partial charge in [0.1, 0.15) is 0 Å². The Morgan fingerprint density at radius 3 is 3.00 bits per heavy atom. The highest BCUT2D eigenvalue weighted by Gasteiger charge is 2.09. The highest BCUT2D eigenvalue weighted by molar-refractivity contribution is 7.11. The molecule has 0 aromatic carbocycles. The number of allylic oxidation sites excluding steroid dienone is 1. The molecule has 0 saturated carbocycles. The number of rotatable bonds is 0. The van der Waals surface area contributed by atoms with Crippen LogP contribution in [-0.4, -0.2) is 0 Å². The van der Waals surface area contributed by atoms with E-state index in [1.165, 1.54) is 10.4 Å². The summed E-state index contributed by atoms with van der Waals surface area (Å²) in [5.74, 6) is 0. The summed E-state index contributed by atoms with van der Waals surface area (Å²) in [6.45, 7) is 0. The first-order chi connectivity index (χ1) is 4.36. The Morgan fingerprint density at radius 1 is 1.50 bits per heavy atom. The van der Waals surface area contributed by atoms with E-state index in [0.29, 0.717) is 0 Å². The average molecular weight is 174 g/mol. The van der Waals surface area contributed by atoms with E-state index in [4.69, 9.17) is 5.73 Å². The molecule has 1 aromatic rings. The van der Waals surface area contributed by atoms with Gasteiger partial charge in [0.05, 0.1) is 0 Å². The van der Waals surface area contributed by atoms with E-state index in [1.54, 1.807) is 11.3 Å². The van der Waals surface area contributed by atoms with E-state index in [-0.39, 0.29) is 12.4 Å². The van der Waals surface area contributed by atoms with Crippen LogP contribution in [0.4, 0.5) is 0 Å². The summed E-state index contributed by atoms with van der Waals surface area (Å²) in [5.41, 5.74) is 7.98. The third kappa shape index (κ3) is 1.04. The Morgan fingerprint density at radius 2 is 2.30 bits per heavy atom. The summed E-state index contributed by atoms with van der Waals surface area (Å²) in [7, 11) is 0. The van der Waals surface area contributed by atoms with Crippen LogP contribution in [0.25, 0.3) is 6.08 Å². The molecule has 1 heterocycles. The summed E-state index contributed by atoms with van der Waals surface area (Å²) in [6, 6.07) is 2.14. The van der Waals surface area contributed by atoms with Crippen LogP contribution in [0.5, 0.6) is 0 Å². The molecule has 10 heavy (non-hydrogen) atoms. The van der Waals surface area contributed by atoms with Gasteiger partial charge in [-0.3, -0.25) is 0 Å². The van der Waals surface area contributed by atoms with Crippen molar-refractivity contribution in [3.05, 3.63) is 27.6 Å². The molecule has 1 aliphatic carbocycles. The van der Waals surface area contributed by atoms with Gasteiger partial charge in [-0.2, -0.15) is 0 Å². The number of hydrogen-bond acceptors (Lipinski definition) is 2. The van der Waals surface area contributed by atoms with Gasteiger partial charge in [-0.25, -0.2) is 0 Å². The predicted octanol–water partition coefficient (Wildman–Crippen LogP) is 2.03. The third-order valence-corrected chi connectivity index (χ3v) is 2.40. The van der Waals surface area contributed by atoms with Crippen LogP contribution < -0.4 is 5.73 Å². The lowest BCUT2D eigenvalue weighted by atomic mass is 10.2. The zero-order valence-corrected chi connectivity index (χ0v) is 6.97. The van der Waals surface area contributed by atoms with Crippen molar-refractivity contribution in [2.45, 2.75) is 6.42 Å². The second kappa shape index (κ2) is 2.64. The quantitative estimate of drug-likeness (QED) is 0.639. The number of fused-ring (bicyclic) bond motifs is 1. The first kappa shape index (κ1) is 7.63. The lowest BCUT2D eigenvalue weighted by Gasteiger charge is -1.86. The highest BCUT2D eigenvalue weighted by Crippen LogP contribution is 2.26.